The lowest BCUT2D eigenvalue weighted by atomic mass is 9.79. The molecule has 0 saturated heterocycles. The Hall–Kier alpha value is -1.28. The van der Waals surface area contributed by atoms with Crippen LogP contribution in [-0.2, 0) is 0 Å². The van der Waals surface area contributed by atoms with Gasteiger partial charge in [-0.25, -0.2) is 4.79 Å². The van der Waals surface area contributed by atoms with Crippen LogP contribution in [-0.4, -0.2) is 38.9 Å². The molecule has 0 aromatic heterocycles. The molecule has 0 heterocycles. The molecule has 1 saturated carbocycles. The molecule has 0 bridgehead atoms. The second-order valence-corrected chi connectivity index (χ2v) is 6.00. The molecule has 0 aliphatic heterocycles. The highest BCUT2D eigenvalue weighted by Crippen LogP contribution is 2.34. The van der Waals surface area contributed by atoms with Gasteiger partial charge in [-0.3, -0.25) is 4.90 Å². The Kier molecular flexibility index (Phi) is 4.58. The van der Waals surface area contributed by atoms with Gasteiger partial charge in [0, 0.05) is 5.54 Å². The number of nitrogens with zero attached hydrogens (tertiary/aromatic N) is 2. The number of aliphatic hydroxyl groups excluding tert-OH is 1. The van der Waals surface area contributed by atoms with E-state index in [-0.39, 0.29) is 0 Å². The summed E-state index contributed by atoms with van der Waals surface area (Å²) >= 11 is 0. The Bertz CT molecular complexity index is 339. The van der Waals surface area contributed by atoms with E-state index in [0.29, 0.717) is 12.3 Å². The molecule has 0 spiro atoms. The van der Waals surface area contributed by atoms with E-state index in [4.69, 9.17) is 5.26 Å². The number of rotatable bonds is 4. The Morgan fingerprint density at radius 3 is 2.33 bits per heavy atom. The SMILES string of the molecule is CC(C)(C)N(C(=O)O)[C@@H](CC1CCC1)[C@H](O)C#N. The molecule has 0 aromatic rings. The summed E-state index contributed by atoms with van der Waals surface area (Å²) in [5.74, 6) is 0.433. The third-order valence-corrected chi connectivity index (χ3v) is 3.56. The van der Waals surface area contributed by atoms with E-state index in [2.05, 4.69) is 0 Å². The molecular weight excluding hydrogens is 232 g/mol. The first-order valence-electron chi connectivity index (χ1n) is 6.37. The number of carbonyl (C=O) groups is 1. The fourth-order valence-electron chi connectivity index (χ4n) is 2.46. The van der Waals surface area contributed by atoms with E-state index in [0.717, 1.165) is 19.3 Å². The molecule has 2 atom stereocenters. The van der Waals surface area contributed by atoms with Gasteiger partial charge in [-0.15, -0.1) is 0 Å². The fraction of sp³-hybridized carbons (Fsp3) is 0.846. The average Bonchev–Trinajstić information content (AvgIpc) is 2.17. The second kappa shape index (κ2) is 5.57. The van der Waals surface area contributed by atoms with Crippen molar-refractivity contribution in [3.8, 4) is 6.07 Å². The van der Waals surface area contributed by atoms with Crippen LogP contribution in [0.4, 0.5) is 4.79 Å². The van der Waals surface area contributed by atoms with Gasteiger partial charge in [-0.2, -0.15) is 5.26 Å². The summed E-state index contributed by atoms with van der Waals surface area (Å²) in [4.78, 5) is 12.6. The smallest absolute Gasteiger partial charge is 0.408 e. The Balaban J connectivity index is 2.90. The van der Waals surface area contributed by atoms with Crippen LogP contribution >= 0.6 is 0 Å². The number of hydrogen-bond acceptors (Lipinski definition) is 3. The van der Waals surface area contributed by atoms with E-state index in [1.165, 1.54) is 4.90 Å². The van der Waals surface area contributed by atoms with Crippen LogP contribution in [0.5, 0.6) is 0 Å². The first-order chi connectivity index (χ1) is 8.27. The maximum absolute atomic E-state index is 11.4. The van der Waals surface area contributed by atoms with Crippen molar-refractivity contribution >= 4 is 6.09 Å². The topological polar surface area (TPSA) is 84.6 Å². The molecule has 0 radical (unpaired) electrons. The van der Waals surface area contributed by atoms with E-state index in [1.54, 1.807) is 26.8 Å². The third kappa shape index (κ3) is 3.36. The van der Waals surface area contributed by atoms with Gasteiger partial charge in [-0.05, 0) is 33.1 Å². The van der Waals surface area contributed by atoms with Crippen LogP contribution in [0.3, 0.4) is 0 Å². The molecule has 1 rings (SSSR count). The minimum absolute atomic E-state index is 0.433. The number of hydrogen-bond donors (Lipinski definition) is 2. The first-order valence-corrected chi connectivity index (χ1v) is 6.37. The van der Waals surface area contributed by atoms with Crippen molar-refractivity contribution in [2.75, 3.05) is 0 Å². The second-order valence-electron chi connectivity index (χ2n) is 6.00. The van der Waals surface area contributed by atoms with Crippen molar-refractivity contribution < 1.29 is 15.0 Å². The van der Waals surface area contributed by atoms with Crippen molar-refractivity contribution in [1.29, 1.82) is 5.26 Å². The molecule has 5 nitrogen and oxygen atoms in total. The van der Waals surface area contributed by atoms with E-state index >= 15 is 0 Å². The molecule has 1 fully saturated rings. The highest BCUT2D eigenvalue weighted by atomic mass is 16.4. The fourth-order valence-corrected chi connectivity index (χ4v) is 2.46. The Labute approximate surface area is 108 Å². The molecule has 102 valence electrons. The molecule has 18 heavy (non-hydrogen) atoms. The van der Waals surface area contributed by atoms with Gasteiger partial charge in [0.15, 0.2) is 6.10 Å². The summed E-state index contributed by atoms with van der Waals surface area (Å²) in [5, 5.41) is 28.0. The van der Waals surface area contributed by atoms with Crippen LogP contribution in [0.1, 0.15) is 46.5 Å². The normalized spacial score (nSPS) is 19.5. The lowest BCUT2D eigenvalue weighted by molar-refractivity contribution is 0.0109. The van der Waals surface area contributed by atoms with Crippen molar-refractivity contribution in [2.24, 2.45) is 5.92 Å². The van der Waals surface area contributed by atoms with E-state index < -0.39 is 23.8 Å². The van der Waals surface area contributed by atoms with Gasteiger partial charge < -0.3 is 10.2 Å². The Morgan fingerprint density at radius 1 is 1.50 bits per heavy atom. The number of aliphatic hydroxyl groups is 1. The highest BCUT2D eigenvalue weighted by Gasteiger charge is 2.39. The van der Waals surface area contributed by atoms with Gasteiger partial charge in [0.2, 0.25) is 0 Å². The van der Waals surface area contributed by atoms with Gasteiger partial charge in [-0.1, -0.05) is 19.3 Å². The average molecular weight is 254 g/mol. The maximum atomic E-state index is 11.4. The monoisotopic (exact) mass is 254 g/mol. The van der Waals surface area contributed by atoms with Crippen molar-refractivity contribution in [1.82, 2.24) is 4.90 Å². The lowest BCUT2D eigenvalue weighted by Gasteiger charge is -2.42. The number of carboxylic acid groups (broad SMARTS) is 1. The molecule has 2 N–H and O–H groups in total. The van der Waals surface area contributed by atoms with Crippen LogP contribution in [0.2, 0.25) is 0 Å². The number of amides is 1. The summed E-state index contributed by atoms with van der Waals surface area (Å²) < 4.78 is 0. The summed E-state index contributed by atoms with van der Waals surface area (Å²) in [6, 6.07) is 1.14. The summed E-state index contributed by atoms with van der Waals surface area (Å²) in [6.45, 7) is 5.33. The van der Waals surface area contributed by atoms with Gasteiger partial charge in [0.25, 0.3) is 0 Å². The van der Waals surface area contributed by atoms with Gasteiger partial charge >= 0.3 is 6.09 Å². The Morgan fingerprint density at radius 2 is 2.06 bits per heavy atom. The number of nitriles is 1. The third-order valence-electron chi connectivity index (χ3n) is 3.56. The van der Waals surface area contributed by atoms with E-state index in [1.807, 2.05) is 0 Å². The minimum atomic E-state index is -1.26. The zero-order valence-corrected chi connectivity index (χ0v) is 11.3. The van der Waals surface area contributed by atoms with Gasteiger partial charge in [0.05, 0.1) is 12.1 Å². The molecule has 1 aliphatic rings. The van der Waals surface area contributed by atoms with E-state index in [9.17, 15) is 15.0 Å². The molecule has 1 amide bonds. The minimum Gasteiger partial charge on any atom is -0.465 e. The highest BCUT2D eigenvalue weighted by molar-refractivity contribution is 5.66. The molecule has 0 unspecified atom stereocenters. The zero-order chi connectivity index (χ0) is 13.9. The van der Waals surface area contributed by atoms with Crippen LogP contribution in [0.15, 0.2) is 0 Å². The van der Waals surface area contributed by atoms with Crippen LogP contribution < -0.4 is 0 Å². The lowest BCUT2D eigenvalue weighted by Crippen LogP contribution is -2.56. The summed E-state index contributed by atoms with van der Waals surface area (Å²) in [6.07, 6.45) is 1.50. The standard InChI is InChI=1S/C13H22N2O3/c1-13(2,3)15(12(17)18)10(11(16)8-14)7-9-5-4-6-9/h9-11,16H,4-7H2,1-3H3,(H,17,18)/t10-,11+/m0/s1. The first kappa shape index (κ1) is 14.8. The van der Waals surface area contributed by atoms with Crippen molar-refractivity contribution in [3.05, 3.63) is 0 Å². The molecule has 5 heteroatoms. The van der Waals surface area contributed by atoms with Crippen LogP contribution in [0.25, 0.3) is 0 Å². The quantitative estimate of drug-likeness (QED) is 0.753. The predicted octanol–water partition coefficient (Wildman–Crippen LogP) is 2.21. The molecule has 0 aromatic carbocycles. The van der Waals surface area contributed by atoms with Crippen molar-refractivity contribution in [3.63, 3.8) is 0 Å². The maximum Gasteiger partial charge on any atom is 0.408 e. The molecule has 1 aliphatic carbocycles. The van der Waals surface area contributed by atoms with Gasteiger partial charge in [0.1, 0.15) is 0 Å². The van der Waals surface area contributed by atoms with Crippen LogP contribution in [0, 0.1) is 17.2 Å². The molecular formula is C13H22N2O3. The largest absolute Gasteiger partial charge is 0.465 e. The van der Waals surface area contributed by atoms with Crippen molar-refractivity contribution in [2.45, 2.75) is 64.1 Å². The predicted molar refractivity (Wildman–Crippen MR) is 67.0 cm³/mol. The summed E-state index contributed by atoms with van der Waals surface area (Å²) in [7, 11) is 0. The summed E-state index contributed by atoms with van der Waals surface area (Å²) in [5.41, 5.74) is -0.627. The zero-order valence-electron chi connectivity index (χ0n) is 11.3.